The lowest BCUT2D eigenvalue weighted by molar-refractivity contribution is -0.134. The van der Waals surface area contributed by atoms with Gasteiger partial charge in [-0.3, -0.25) is 0 Å². The molecular formula is C15H13FO2. The van der Waals surface area contributed by atoms with Crippen molar-refractivity contribution in [3.63, 3.8) is 0 Å². The summed E-state index contributed by atoms with van der Waals surface area (Å²) in [5, 5.41) is 1.40. The highest BCUT2D eigenvalue weighted by molar-refractivity contribution is 5.90. The van der Waals surface area contributed by atoms with E-state index in [9.17, 15) is 9.18 Å². The van der Waals surface area contributed by atoms with Crippen LogP contribution in [-0.2, 0) is 9.53 Å². The van der Waals surface area contributed by atoms with Crippen molar-refractivity contribution in [3.8, 4) is 0 Å². The molecule has 0 unspecified atom stereocenters. The molecule has 3 heteroatoms. The Kier molecular flexibility index (Phi) is 3.42. The highest BCUT2D eigenvalue weighted by Crippen LogP contribution is 2.23. The summed E-state index contributed by atoms with van der Waals surface area (Å²) >= 11 is 0. The van der Waals surface area contributed by atoms with Crippen molar-refractivity contribution in [1.29, 1.82) is 0 Å². The first-order chi connectivity index (χ1) is 8.61. The Balaban J connectivity index is 2.48. The van der Waals surface area contributed by atoms with Crippen LogP contribution in [0.25, 0.3) is 16.8 Å². The average Bonchev–Trinajstić information content (AvgIpc) is 2.37. The molecule has 0 aliphatic carbocycles. The summed E-state index contributed by atoms with van der Waals surface area (Å²) in [6, 6.07) is 9.01. The van der Waals surface area contributed by atoms with E-state index >= 15 is 0 Å². The number of rotatable bonds is 2. The normalized spacial score (nSPS) is 11.1. The smallest absolute Gasteiger partial charge is 0.330 e. The summed E-state index contributed by atoms with van der Waals surface area (Å²) in [7, 11) is 1.28. The second-order valence-corrected chi connectivity index (χ2v) is 4.05. The first-order valence-corrected chi connectivity index (χ1v) is 5.56. The Labute approximate surface area is 105 Å². The van der Waals surface area contributed by atoms with Crippen molar-refractivity contribution in [1.82, 2.24) is 0 Å². The van der Waals surface area contributed by atoms with Crippen molar-refractivity contribution in [2.45, 2.75) is 6.92 Å². The van der Waals surface area contributed by atoms with E-state index in [0.29, 0.717) is 10.9 Å². The zero-order valence-electron chi connectivity index (χ0n) is 10.2. The number of ether oxygens (including phenoxy) is 1. The van der Waals surface area contributed by atoms with E-state index in [1.54, 1.807) is 12.1 Å². The fourth-order valence-corrected chi connectivity index (χ4v) is 1.78. The predicted molar refractivity (Wildman–Crippen MR) is 69.7 cm³/mol. The molecule has 0 aromatic heterocycles. The van der Waals surface area contributed by atoms with E-state index in [-0.39, 0.29) is 5.82 Å². The van der Waals surface area contributed by atoms with Crippen LogP contribution in [0.1, 0.15) is 11.1 Å². The standard InChI is InChI=1S/C15H13FO2/c1-10-3-7-13-12(9-10)5-4-11(15(13)16)6-8-14(17)18-2/h3-9H,1-2H3/b8-6+. The summed E-state index contributed by atoms with van der Waals surface area (Å²) in [4.78, 5) is 11.0. The molecule has 0 fully saturated rings. The maximum absolute atomic E-state index is 14.2. The molecular weight excluding hydrogens is 231 g/mol. The minimum Gasteiger partial charge on any atom is -0.466 e. The van der Waals surface area contributed by atoms with Crippen molar-refractivity contribution in [3.05, 3.63) is 53.4 Å². The number of carbonyl (C=O) groups is 1. The van der Waals surface area contributed by atoms with Crippen LogP contribution in [0.4, 0.5) is 4.39 Å². The van der Waals surface area contributed by atoms with Crippen LogP contribution in [0.2, 0.25) is 0 Å². The van der Waals surface area contributed by atoms with Crippen LogP contribution in [0.15, 0.2) is 36.4 Å². The van der Waals surface area contributed by atoms with Gasteiger partial charge in [0.15, 0.2) is 0 Å². The van der Waals surface area contributed by atoms with Gasteiger partial charge < -0.3 is 4.74 Å². The molecule has 2 nitrogen and oxygen atoms in total. The Bertz CT molecular complexity index is 630. The molecule has 0 saturated heterocycles. The number of esters is 1. The van der Waals surface area contributed by atoms with E-state index in [1.807, 2.05) is 25.1 Å². The van der Waals surface area contributed by atoms with Gasteiger partial charge in [0, 0.05) is 17.0 Å². The topological polar surface area (TPSA) is 26.3 Å². The third-order valence-electron chi connectivity index (χ3n) is 2.74. The molecule has 18 heavy (non-hydrogen) atoms. The fourth-order valence-electron chi connectivity index (χ4n) is 1.78. The molecule has 92 valence electrons. The van der Waals surface area contributed by atoms with E-state index in [1.165, 1.54) is 19.3 Å². The van der Waals surface area contributed by atoms with Crippen LogP contribution in [0, 0.1) is 12.7 Å². The van der Waals surface area contributed by atoms with E-state index in [2.05, 4.69) is 4.74 Å². The largest absolute Gasteiger partial charge is 0.466 e. The van der Waals surface area contributed by atoms with E-state index in [0.717, 1.165) is 10.9 Å². The van der Waals surface area contributed by atoms with Gasteiger partial charge in [-0.15, -0.1) is 0 Å². The lowest BCUT2D eigenvalue weighted by Crippen LogP contribution is -1.94. The number of benzene rings is 2. The second-order valence-electron chi connectivity index (χ2n) is 4.05. The van der Waals surface area contributed by atoms with Crippen molar-refractivity contribution >= 4 is 22.8 Å². The van der Waals surface area contributed by atoms with Crippen molar-refractivity contribution < 1.29 is 13.9 Å². The predicted octanol–water partition coefficient (Wildman–Crippen LogP) is 3.47. The number of carbonyl (C=O) groups excluding carboxylic acids is 1. The van der Waals surface area contributed by atoms with Gasteiger partial charge in [0.25, 0.3) is 0 Å². The molecule has 0 saturated carbocycles. The molecule has 0 atom stereocenters. The van der Waals surface area contributed by atoms with Gasteiger partial charge >= 0.3 is 5.97 Å². The molecule has 0 aliphatic heterocycles. The van der Waals surface area contributed by atoms with Crippen LogP contribution in [0.3, 0.4) is 0 Å². The summed E-state index contributed by atoms with van der Waals surface area (Å²) in [6.07, 6.45) is 2.62. The van der Waals surface area contributed by atoms with Crippen LogP contribution in [0.5, 0.6) is 0 Å². The highest BCUT2D eigenvalue weighted by atomic mass is 19.1. The number of methoxy groups -OCH3 is 1. The van der Waals surface area contributed by atoms with Crippen molar-refractivity contribution in [2.24, 2.45) is 0 Å². The Morgan fingerprint density at radius 1 is 1.28 bits per heavy atom. The highest BCUT2D eigenvalue weighted by Gasteiger charge is 2.05. The minimum atomic E-state index is -0.501. The summed E-state index contributed by atoms with van der Waals surface area (Å²) in [5.74, 6) is -0.828. The zero-order valence-corrected chi connectivity index (χ0v) is 10.2. The van der Waals surface area contributed by atoms with Gasteiger partial charge in [-0.2, -0.15) is 0 Å². The Morgan fingerprint density at radius 3 is 2.78 bits per heavy atom. The maximum atomic E-state index is 14.2. The van der Waals surface area contributed by atoms with Crippen molar-refractivity contribution in [2.75, 3.05) is 7.11 Å². The van der Waals surface area contributed by atoms with Crippen LogP contribution in [-0.4, -0.2) is 13.1 Å². The van der Waals surface area contributed by atoms with Gasteiger partial charge in [-0.1, -0.05) is 35.9 Å². The monoisotopic (exact) mass is 244 g/mol. The fraction of sp³-hybridized carbons (Fsp3) is 0.133. The molecule has 0 heterocycles. The van der Waals surface area contributed by atoms with Crippen LogP contribution < -0.4 is 0 Å². The first kappa shape index (κ1) is 12.3. The third kappa shape index (κ3) is 2.40. The number of hydrogen-bond acceptors (Lipinski definition) is 2. The number of aryl methyl sites for hydroxylation is 1. The summed E-state index contributed by atoms with van der Waals surface area (Å²) < 4.78 is 18.6. The molecule has 0 aliphatic rings. The van der Waals surface area contributed by atoms with E-state index in [4.69, 9.17) is 0 Å². The lowest BCUT2D eigenvalue weighted by Gasteiger charge is -2.04. The molecule has 2 rings (SSSR count). The lowest BCUT2D eigenvalue weighted by atomic mass is 10.0. The SMILES string of the molecule is COC(=O)/C=C/c1ccc2cc(C)ccc2c1F. The third-order valence-corrected chi connectivity index (χ3v) is 2.74. The molecule has 2 aromatic carbocycles. The molecule has 0 N–H and O–H groups in total. The zero-order chi connectivity index (χ0) is 13.1. The number of halogens is 1. The summed E-state index contributed by atoms with van der Waals surface area (Å²) in [6.45, 7) is 1.96. The van der Waals surface area contributed by atoms with E-state index < -0.39 is 5.97 Å². The van der Waals surface area contributed by atoms with Gasteiger partial charge in [0.2, 0.25) is 0 Å². The number of hydrogen-bond donors (Lipinski definition) is 0. The Hall–Kier alpha value is -2.16. The van der Waals surface area contributed by atoms with Crippen LogP contribution >= 0.6 is 0 Å². The molecule has 2 aromatic rings. The summed E-state index contributed by atoms with van der Waals surface area (Å²) in [5.41, 5.74) is 1.46. The van der Waals surface area contributed by atoms with Gasteiger partial charge in [-0.25, -0.2) is 9.18 Å². The molecule has 0 radical (unpaired) electrons. The maximum Gasteiger partial charge on any atom is 0.330 e. The molecule has 0 spiro atoms. The van der Waals surface area contributed by atoms with Gasteiger partial charge in [0.1, 0.15) is 5.82 Å². The minimum absolute atomic E-state index is 0.326. The first-order valence-electron chi connectivity index (χ1n) is 5.56. The molecule has 0 bridgehead atoms. The Morgan fingerprint density at radius 2 is 2.06 bits per heavy atom. The number of fused-ring (bicyclic) bond motifs is 1. The average molecular weight is 244 g/mol. The molecule has 0 amide bonds. The second kappa shape index (κ2) is 5.00. The quantitative estimate of drug-likeness (QED) is 0.597. The van der Waals surface area contributed by atoms with Gasteiger partial charge in [-0.05, 0) is 18.4 Å². The van der Waals surface area contributed by atoms with Gasteiger partial charge in [0.05, 0.1) is 7.11 Å².